The van der Waals surface area contributed by atoms with E-state index in [2.05, 4.69) is 15.6 Å². The third-order valence-electron chi connectivity index (χ3n) is 4.52. The molecule has 1 fully saturated rings. The van der Waals surface area contributed by atoms with Gasteiger partial charge in [0.15, 0.2) is 5.01 Å². The Balaban J connectivity index is 1.39. The van der Waals surface area contributed by atoms with Crippen molar-refractivity contribution in [3.8, 4) is 0 Å². The Hall–Kier alpha value is -2.78. The SMILES string of the molecule is O=C(NC(=O)c1ccsc1NC(=O)c1nc2ccccc2s1)OCC1CCC1. The molecule has 1 aliphatic carbocycles. The summed E-state index contributed by atoms with van der Waals surface area (Å²) in [6.07, 6.45) is 2.48. The molecule has 0 radical (unpaired) electrons. The van der Waals surface area contributed by atoms with Gasteiger partial charge in [0, 0.05) is 0 Å². The molecule has 1 aliphatic rings. The number of alkyl carbamates (subject to hydrolysis) is 1. The number of thiophene rings is 1. The van der Waals surface area contributed by atoms with Crippen LogP contribution in [0.2, 0.25) is 0 Å². The number of carbonyl (C=O) groups excluding carboxylic acids is 3. The summed E-state index contributed by atoms with van der Waals surface area (Å²) in [6.45, 7) is 0.323. The Labute approximate surface area is 168 Å². The van der Waals surface area contributed by atoms with Crippen LogP contribution in [0, 0.1) is 5.92 Å². The molecule has 28 heavy (non-hydrogen) atoms. The molecule has 1 saturated carbocycles. The highest BCUT2D eigenvalue weighted by Gasteiger charge is 2.22. The molecule has 0 bridgehead atoms. The van der Waals surface area contributed by atoms with Crippen molar-refractivity contribution in [2.45, 2.75) is 19.3 Å². The molecule has 0 unspecified atom stereocenters. The molecule has 0 atom stereocenters. The quantitative estimate of drug-likeness (QED) is 0.648. The number of anilines is 1. The number of hydrogen-bond acceptors (Lipinski definition) is 7. The maximum absolute atomic E-state index is 12.5. The monoisotopic (exact) mass is 415 g/mol. The summed E-state index contributed by atoms with van der Waals surface area (Å²) in [6, 6.07) is 9.02. The average molecular weight is 415 g/mol. The highest BCUT2D eigenvalue weighted by Crippen LogP contribution is 2.27. The van der Waals surface area contributed by atoms with Crippen LogP contribution in [0.1, 0.15) is 39.4 Å². The number of thiazole rings is 1. The topological polar surface area (TPSA) is 97.4 Å². The van der Waals surface area contributed by atoms with Crippen LogP contribution in [-0.2, 0) is 4.74 Å². The maximum Gasteiger partial charge on any atom is 0.414 e. The molecule has 2 N–H and O–H groups in total. The lowest BCUT2D eigenvalue weighted by Gasteiger charge is -2.24. The molecule has 4 rings (SSSR count). The van der Waals surface area contributed by atoms with E-state index in [0.717, 1.165) is 29.5 Å². The van der Waals surface area contributed by atoms with Crippen LogP contribution in [0.3, 0.4) is 0 Å². The van der Waals surface area contributed by atoms with E-state index in [4.69, 9.17) is 4.74 Å². The summed E-state index contributed by atoms with van der Waals surface area (Å²) >= 11 is 2.47. The van der Waals surface area contributed by atoms with Gasteiger partial charge in [0.2, 0.25) is 0 Å². The van der Waals surface area contributed by atoms with Crippen molar-refractivity contribution in [3.05, 3.63) is 46.3 Å². The molecule has 0 saturated heterocycles. The third kappa shape index (κ3) is 4.05. The molecule has 3 amide bonds. The number of ether oxygens (including phenoxy) is 1. The van der Waals surface area contributed by atoms with E-state index in [9.17, 15) is 14.4 Å². The number of amides is 3. The number of hydrogen-bond donors (Lipinski definition) is 2. The summed E-state index contributed by atoms with van der Waals surface area (Å²) in [5.41, 5.74) is 0.955. The van der Waals surface area contributed by atoms with E-state index in [-0.39, 0.29) is 5.56 Å². The molecule has 7 nitrogen and oxygen atoms in total. The predicted molar refractivity (Wildman–Crippen MR) is 108 cm³/mol. The van der Waals surface area contributed by atoms with Gasteiger partial charge in [-0.25, -0.2) is 9.78 Å². The summed E-state index contributed by atoms with van der Waals surface area (Å²) in [7, 11) is 0. The second kappa shape index (κ2) is 8.07. The zero-order chi connectivity index (χ0) is 19.5. The van der Waals surface area contributed by atoms with Gasteiger partial charge in [-0.15, -0.1) is 22.7 Å². The summed E-state index contributed by atoms with van der Waals surface area (Å²) in [5, 5.41) is 7.24. The van der Waals surface area contributed by atoms with Crippen LogP contribution in [0.25, 0.3) is 10.2 Å². The van der Waals surface area contributed by atoms with E-state index in [1.54, 1.807) is 11.4 Å². The first kappa shape index (κ1) is 18.6. The Morgan fingerprint density at radius 2 is 1.96 bits per heavy atom. The summed E-state index contributed by atoms with van der Waals surface area (Å²) in [4.78, 5) is 41.0. The van der Waals surface area contributed by atoms with E-state index in [1.165, 1.54) is 22.7 Å². The minimum absolute atomic E-state index is 0.208. The Morgan fingerprint density at radius 1 is 1.14 bits per heavy atom. The molecule has 3 aromatic rings. The smallest absolute Gasteiger partial charge is 0.414 e. The van der Waals surface area contributed by atoms with E-state index in [0.29, 0.717) is 22.5 Å². The highest BCUT2D eigenvalue weighted by molar-refractivity contribution is 7.20. The van der Waals surface area contributed by atoms with Crippen molar-refractivity contribution in [2.75, 3.05) is 11.9 Å². The molecular weight excluding hydrogens is 398 g/mol. The third-order valence-corrected chi connectivity index (χ3v) is 6.38. The minimum atomic E-state index is -0.772. The standard InChI is InChI=1S/C19H17N3O4S2/c23-15(22-19(25)26-10-11-4-3-5-11)12-8-9-27-17(12)21-16(24)18-20-13-6-1-2-7-14(13)28-18/h1-2,6-9,11H,3-5,10H2,(H,21,24)(H,22,23,25). The number of imide groups is 1. The zero-order valence-corrected chi connectivity index (χ0v) is 16.4. The highest BCUT2D eigenvalue weighted by atomic mass is 32.1. The summed E-state index contributed by atoms with van der Waals surface area (Å²) < 4.78 is 5.98. The van der Waals surface area contributed by atoms with E-state index in [1.807, 2.05) is 24.3 Å². The van der Waals surface area contributed by atoms with Crippen molar-refractivity contribution in [1.82, 2.24) is 10.3 Å². The fourth-order valence-electron chi connectivity index (χ4n) is 2.76. The number of rotatable bonds is 5. The zero-order valence-electron chi connectivity index (χ0n) is 14.8. The molecule has 9 heteroatoms. The molecule has 0 aliphatic heterocycles. The van der Waals surface area contributed by atoms with Crippen molar-refractivity contribution < 1.29 is 19.1 Å². The molecule has 1 aromatic carbocycles. The predicted octanol–water partition coefficient (Wildman–Crippen LogP) is 4.28. The first-order valence-electron chi connectivity index (χ1n) is 8.82. The molecular formula is C19H17N3O4S2. The van der Waals surface area contributed by atoms with Gasteiger partial charge < -0.3 is 10.1 Å². The van der Waals surface area contributed by atoms with Crippen LogP contribution in [-0.4, -0.2) is 29.5 Å². The number of fused-ring (bicyclic) bond motifs is 1. The normalized spacial score (nSPS) is 13.7. The molecule has 144 valence electrons. The minimum Gasteiger partial charge on any atom is -0.449 e. The van der Waals surface area contributed by atoms with Crippen LogP contribution in [0.4, 0.5) is 9.80 Å². The second-order valence-electron chi connectivity index (χ2n) is 6.45. The van der Waals surface area contributed by atoms with Crippen LogP contribution in [0.15, 0.2) is 35.7 Å². The van der Waals surface area contributed by atoms with Gasteiger partial charge in [0.1, 0.15) is 5.00 Å². The van der Waals surface area contributed by atoms with Gasteiger partial charge in [0.25, 0.3) is 11.8 Å². The van der Waals surface area contributed by atoms with Gasteiger partial charge in [0.05, 0.1) is 22.4 Å². The van der Waals surface area contributed by atoms with Gasteiger partial charge in [-0.3, -0.25) is 14.9 Å². The second-order valence-corrected chi connectivity index (χ2v) is 8.40. The number of carbonyl (C=O) groups is 3. The molecule has 2 aromatic heterocycles. The number of para-hydroxylation sites is 1. The van der Waals surface area contributed by atoms with Crippen molar-refractivity contribution in [2.24, 2.45) is 5.92 Å². The van der Waals surface area contributed by atoms with Gasteiger partial charge >= 0.3 is 6.09 Å². The largest absolute Gasteiger partial charge is 0.449 e. The fraction of sp³-hybridized carbons (Fsp3) is 0.263. The first-order valence-corrected chi connectivity index (χ1v) is 10.5. The summed E-state index contributed by atoms with van der Waals surface area (Å²) in [5.74, 6) is -0.615. The maximum atomic E-state index is 12.5. The van der Waals surface area contributed by atoms with E-state index >= 15 is 0 Å². The number of benzene rings is 1. The van der Waals surface area contributed by atoms with Crippen molar-refractivity contribution >= 4 is 55.8 Å². The van der Waals surface area contributed by atoms with Crippen LogP contribution in [0.5, 0.6) is 0 Å². The Morgan fingerprint density at radius 3 is 2.71 bits per heavy atom. The number of nitrogens with one attached hydrogen (secondary N) is 2. The Bertz CT molecular complexity index is 1010. The fourth-order valence-corrected chi connectivity index (χ4v) is 4.40. The van der Waals surface area contributed by atoms with Crippen molar-refractivity contribution in [3.63, 3.8) is 0 Å². The van der Waals surface area contributed by atoms with Gasteiger partial charge in [-0.1, -0.05) is 18.6 Å². The van der Waals surface area contributed by atoms with Gasteiger partial charge in [-0.05, 0) is 42.3 Å². The lowest BCUT2D eigenvalue weighted by Crippen LogP contribution is -2.33. The van der Waals surface area contributed by atoms with Gasteiger partial charge in [-0.2, -0.15) is 0 Å². The number of nitrogens with zero attached hydrogens (tertiary/aromatic N) is 1. The Kier molecular flexibility index (Phi) is 5.36. The lowest BCUT2D eigenvalue weighted by atomic mass is 9.86. The number of aromatic nitrogens is 1. The van der Waals surface area contributed by atoms with Crippen LogP contribution < -0.4 is 10.6 Å². The molecule has 2 heterocycles. The average Bonchev–Trinajstić information content (AvgIpc) is 3.26. The lowest BCUT2D eigenvalue weighted by molar-refractivity contribution is 0.0853. The first-order chi connectivity index (χ1) is 13.6. The van der Waals surface area contributed by atoms with E-state index < -0.39 is 17.9 Å². The molecule has 0 spiro atoms. The van der Waals surface area contributed by atoms with Crippen LogP contribution >= 0.6 is 22.7 Å². The van der Waals surface area contributed by atoms with Crippen molar-refractivity contribution in [1.29, 1.82) is 0 Å².